The lowest BCUT2D eigenvalue weighted by Crippen LogP contribution is -2.46. The summed E-state index contributed by atoms with van der Waals surface area (Å²) in [6.07, 6.45) is -3.68. The number of likely N-dealkylation sites (N-methyl/N-ethyl adjacent to an activating group) is 1. The van der Waals surface area contributed by atoms with E-state index in [1.165, 1.54) is 20.4 Å². The average Bonchev–Trinajstić information content (AvgIpc) is 3.16. The molecule has 140 valence electrons. The number of hydrogen-bond donors (Lipinski definition) is 0. The highest BCUT2D eigenvalue weighted by atomic mass is 32.2. The highest BCUT2D eigenvalue weighted by Crippen LogP contribution is 2.59. The zero-order valence-corrected chi connectivity index (χ0v) is 14.4. The number of carbonyl (C=O) groups excluding carboxylic acids is 1. The Morgan fingerprint density at radius 3 is 2.65 bits per heavy atom. The van der Waals surface area contributed by atoms with E-state index in [4.69, 9.17) is 9.47 Å². The van der Waals surface area contributed by atoms with E-state index < -0.39 is 49.5 Å². The van der Waals surface area contributed by atoms with Crippen molar-refractivity contribution in [3.63, 3.8) is 0 Å². The minimum absolute atomic E-state index is 0.0115. The van der Waals surface area contributed by atoms with Crippen molar-refractivity contribution in [1.29, 1.82) is 0 Å². The fourth-order valence-corrected chi connectivity index (χ4v) is 5.45. The van der Waals surface area contributed by atoms with E-state index in [1.807, 2.05) is 0 Å². The van der Waals surface area contributed by atoms with Crippen molar-refractivity contribution in [3.05, 3.63) is 28.8 Å². The highest BCUT2D eigenvalue weighted by molar-refractivity contribution is 7.91. The number of sulfone groups is 1. The largest absolute Gasteiger partial charge is 0.417 e. The summed E-state index contributed by atoms with van der Waals surface area (Å²) in [7, 11) is -1.48. The van der Waals surface area contributed by atoms with E-state index in [1.54, 1.807) is 0 Å². The van der Waals surface area contributed by atoms with Crippen molar-refractivity contribution in [2.75, 3.05) is 19.9 Å². The molecule has 3 aliphatic heterocycles. The van der Waals surface area contributed by atoms with Gasteiger partial charge in [-0.15, -0.1) is 0 Å². The molecule has 0 aromatic heterocycles. The minimum atomic E-state index is -4.82. The van der Waals surface area contributed by atoms with Crippen LogP contribution in [0.5, 0.6) is 0 Å². The molecule has 3 heterocycles. The molecule has 0 spiro atoms. The van der Waals surface area contributed by atoms with Crippen LogP contribution in [0.1, 0.15) is 16.7 Å². The third-order valence-corrected chi connectivity index (χ3v) is 6.76. The molecule has 0 saturated carbocycles. The number of carbonyl (C=O) groups is 1. The molecule has 2 unspecified atom stereocenters. The SMILES string of the molecule is COC12OC1(c1ccc(C(F)(F)F)c3c1CCS3(=O)=O)C=NN(C)C2=O. The Morgan fingerprint density at radius 1 is 1.35 bits per heavy atom. The zero-order valence-electron chi connectivity index (χ0n) is 13.6. The van der Waals surface area contributed by atoms with E-state index >= 15 is 0 Å². The van der Waals surface area contributed by atoms with Crippen LogP contribution in [0.15, 0.2) is 22.1 Å². The van der Waals surface area contributed by atoms with E-state index in [0.29, 0.717) is 6.07 Å². The number of halogens is 3. The second kappa shape index (κ2) is 4.84. The number of fused-ring (bicyclic) bond motifs is 2. The average molecular weight is 390 g/mol. The summed E-state index contributed by atoms with van der Waals surface area (Å²) in [6, 6.07) is 1.83. The summed E-state index contributed by atoms with van der Waals surface area (Å²) in [5.41, 5.74) is -2.62. The summed E-state index contributed by atoms with van der Waals surface area (Å²) in [5.74, 6) is -2.83. The summed E-state index contributed by atoms with van der Waals surface area (Å²) >= 11 is 0. The topological polar surface area (TPSA) is 88.6 Å². The molecule has 0 bridgehead atoms. The maximum absolute atomic E-state index is 13.3. The van der Waals surface area contributed by atoms with Crippen molar-refractivity contribution in [1.82, 2.24) is 5.01 Å². The normalized spacial score (nSPS) is 31.7. The number of alkyl halides is 3. The number of methoxy groups -OCH3 is 1. The molecule has 7 nitrogen and oxygen atoms in total. The Kier molecular flexibility index (Phi) is 3.25. The minimum Gasteiger partial charge on any atom is -0.343 e. The molecule has 0 N–H and O–H groups in total. The van der Waals surface area contributed by atoms with Gasteiger partial charge in [0.1, 0.15) is 0 Å². The second-order valence-electron chi connectivity index (χ2n) is 6.27. The molecule has 1 aromatic carbocycles. The predicted octanol–water partition coefficient (Wildman–Crippen LogP) is 1.06. The van der Waals surface area contributed by atoms with Crippen molar-refractivity contribution < 1.29 is 35.9 Å². The van der Waals surface area contributed by atoms with Gasteiger partial charge in [-0.1, -0.05) is 6.07 Å². The number of hydrazone groups is 1. The van der Waals surface area contributed by atoms with Crippen LogP contribution in [-0.4, -0.2) is 51.2 Å². The first-order chi connectivity index (χ1) is 12.0. The van der Waals surface area contributed by atoms with Crippen molar-refractivity contribution in [2.45, 2.75) is 28.9 Å². The van der Waals surface area contributed by atoms with Crippen LogP contribution in [0.2, 0.25) is 0 Å². The molecule has 26 heavy (non-hydrogen) atoms. The van der Waals surface area contributed by atoms with Crippen LogP contribution in [0.4, 0.5) is 13.2 Å². The molecule has 11 heteroatoms. The van der Waals surface area contributed by atoms with Crippen LogP contribution in [0.25, 0.3) is 0 Å². The fourth-order valence-electron chi connectivity index (χ4n) is 3.67. The Bertz CT molecular complexity index is 974. The van der Waals surface area contributed by atoms with Gasteiger partial charge in [-0.3, -0.25) is 4.79 Å². The van der Waals surface area contributed by atoms with Gasteiger partial charge < -0.3 is 9.47 Å². The van der Waals surface area contributed by atoms with E-state index in [0.717, 1.165) is 11.1 Å². The van der Waals surface area contributed by atoms with Gasteiger partial charge in [0.05, 0.1) is 22.4 Å². The van der Waals surface area contributed by atoms with Gasteiger partial charge >= 0.3 is 12.1 Å². The molecule has 4 rings (SSSR count). The van der Waals surface area contributed by atoms with Crippen LogP contribution in [0.3, 0.4) is 0 Å². The Labute approximate surface area is 146 Å². The lowest BCUT2D eigenvalue weighted by atomic mass is 9.87. The van der Waals surface area contributed by atoms with Gasteiger partial charge in [-0.05, 0) is 18.1 Å². The predicted molar refractivity (Wildman–Crippen MR) is 81.0 cm³/mol. The maximum Gasteiger partial charge on any atom is 0.417 e. The number of benzene rings is 1. The summed E-state index contributed by atoms with van der Waals surface area (Å²) in [4.78, 5) is 11.7. The number of amides is 1. The van der Waals surface area contributed by atoms with E-state index in [2.05, 4.69) is 5.10 Å². The summed E-state index contributed by atoms with van der Waals surface area (Å²) < 4.78 is 75.2. The van der Waals surface area contributed by atoms with E-state index in [-0.39, 0.29) is 17.5 Å². The van der Waals surface area contributed by atoms with Gasteiger partial charge in [0.25, 0.3) is 5.79 Å². The Balaban J connectivity index is 1.98. The fraction of sp³-hybridized carbons (Fsp3) is 0.467. The molecule has 3 aliphatic rings. The quantitative estimate of drug-likeness (QED) is 0.705. The lowest BCUT2D eigenvalue weighted by molar-refractivity contribution is -0.153. The standard InChI is InChI=1S/C15H13F3N2O5S/c1-20-12(21)14(24-2)13(25-14,7-19-20)9-3-4-10(15(16,17)18)11-8(9)5-6-26(11,22)23/h3-4,7H,5-6H2,1-2H3. The Hall–Kier alpha value is -1.98. The molecular weight excluding hydrogens is 377 g/mol. The van der Waals surface area contributed by atoms with Crippen molar-refractivity contribution in [3.8, 4) is 0 Å². The number of rotatable bonds is 2. The number of nitrogens with zero attached hydrogens (tertiary/aromatic N) is 2. The molecule has 1 aromatic rings. The third kappa shape index (κ3) is 1.93. The number of hydrogen-bond acceptors (Lipinski definition) is 6. The Morgan fingerprint density at radius 2 is 2.04 bits per heavy atom. The van der Waals surface area contributed by atoms with Crippen LogP contribution in [-0.2, 0) is 42.3 Å². The summed E-state index contributed by atoms with van der Waals surface area (Å²) in [6.45, 7) is 0. The highest BCUT2D eigenvalue weighted by Gasteiger charge is 2.80. The smallest absolute Gasteiger partial charge is 0.343 e. The molecule has 1 amide bonds. The molecule has 1 fully saturated rings. The van der Waals surface area contributed by atoms with Gasteiger partial charge in [0.2, 0.25) is 0 Å². The molecular formula is C15H13F3N2O5S. The number of epoxide rings is 1. The monoisotopic (exact) mass is 390 g/mol. The first-order valence-corrected chi connectivity index (χ1v) is 9.20. The van der Waals surface area contributed by atoms with Gasteiger partial charge in [0.15, 0.2) is 15.4 Å². The van der Waals surface area contributed by atoms with Gasteiger partial charge in [-0.25, -0.2) is 13.4 Å². The van der Waals surface area contributed by atoms with Crippen LogP contribution < -0.4 is 0 Å². The van der Waals surface area contributed by atoms with Crippen LogP contribution >= 0.6 is 0 Å². The van der Waals surface area contributed by atoms with Gasteiger partial charge in [0, 0.05) is 19.7 Å². The third-order valence-electron chi connectivity index (χ3n) is 4.93. The first kappa shape index (κ1) is 17.4. The lowest BCUT2D eigenvalue weighted by Gasteiger charge is -2.25. The van der Waals surface area contributed by atoms with Crippen molar-refractivity contribution in [2.24, 2.45) is 5.10 Å². The molecule has 0 aliphatic carbocycles. The van der Waals surface area contributed by atoms with Crippen molar-refractivity contribution >= 4 is 22.0 Å². The van der Waals surface area contributed by atoms with E-state index in [9.17, 15) is 26.4 Å². The van der Waals surface area contributed by atoms with Gasteiger partial charge in [-0.2, -0.15) is 18.3 Å². The molecule has 2 atom stereocenters. The van der Waals surface area contributed by atoms with Crippen LogP contribution in [0, 0.1) is 0 Å². The zero-order chi connectivity index (χ0) is 19.1. The summed E-state index contributed by atoms with van der Waals surface area (Å²) in [5, 5.41) is 4.89. The molecule has 1 saturated heterocycles. The second-order valence-corrected chi connectivity index (χ2v) is 8.31. The maximum atomic E-state index is 13.3. The number of ether oxygens (including phenoxy) is 2. The first-order valence-electron chi connectivity index (χ1n) is 7.55. The molecule has 0 radical (unpaired) electrons.